The van der Waals surface area contributed by atoms with Crippen LogP contribution in [0.3, 0.4) is 0 Å². The SMILES string of the molecule is C[Si](C)(C)P[Si](C)(C)C.[LiH]. The minimum atomic E-state index is -0.703. The molecule has 0 amide bonds. The van der Waals surface area contributed by atoms with Gasteiger partial charge in [-0.3, -0.25) is 0 Å². The maximum absolute atomic E-state index is 2.48. The molecule has 0 aliphatic heterocycles. The molecule has 0 aromatic heterocycles. The van der Waals surface area contributed by atoms with Crippen LogP contribution in [-0.4, -0.2) is 34.3 Å². The van der Waals surface area contributed by atoms with E-state index in [2.05, 4.69) is 39.3 Å². The molecule has 0 saturated heterocycles. The average Bonchev–Trinajstić information content (AvgIpc) is 1.14. The van der Waals surface area contributed by atoms with Gasteiger partial charge in [0.2, 0.25) is 0 Å². The summed E-state index contributed by atoms with van der Waals surface area (Å²) in [6.45, 7) is 14.9. The van der Waals surface area contributed by atoms with Crippen molar-refractivity contribution in [1.82, 2.24) is 0 Å². The van der Waals surface area contributed by atoms with Gasteiger partial charge in [0, 0.05) is 0 Å². The molecule has 0 saturated carbocycles. The first-order chi connectivity index (χ1) is 3.71. The van der Waals surface area contributed by atoms with Crippen LogP contribution in [0.4, 0.5) is 0 Å². The van der Waals surface area contributed by atoms with Gasteiger partial charge < -0.3 is 0 Å². The Balaban J connectivity index is 0. The van der Waals surface area contributed by atoms with Crippen molar-refractivity contribution in [1.29, 1.82) is 0 Å². The molecule has 0 nitrogen and oxygen atoms in total. The molecule has 10 heavy (non-hydrogen) atoms. The van der Waals surface area contributed by atoms with Crippen molar-refractivity contribution in [2.45, 2.75) is 39.3 Å². The summed E-state index contributed by atoms with van der Waals surface area (Å²) >= 11 is 0. The third kappa shape index (κ3) is 12.2. The molecule has 0 N–H and O–H groups in total. The molecule has 0 aromatic rings. The summed E-state index contributed by atoms with van der Waals surface area (Å²) in [6.07, 6.45) is 0. The van der Waals surface area contributed by atoms with Gasteiger partial charge in [-0.2, -0.15) is 0 Å². The first-order valence-electron chi connectivity index (χ1n) is 3.50. The van der Waals surface area contributed by atoms with Crippen molar-refractivity contribution in [3.8, 4) is 0 Å². The number of rotatable bonds is 2. The summed E-state index contributed by atoms with van der Waals surface area (Å²) in [5, 5.41) is 0. The molecule has 0 unspecified atom stereocenters. The van der Waals surface area contributed by atoms with E-state index < -0.39 is 15.5 Å². The zero-order valence-corrected chi connectivity index (χ0v) is 10.5. The monoisotopic (exact) mass is 186 g/mol. The average molecular weight is 186 g/mol. The van der Waals surface area contributed by atoms with Gasteiger partial charge in [-0.25, -0.2) is 0 Å². The van der Waals surface area contributed by atoms with Crippen molar-refractivity contribution < 1.29 is 0 Å². The molecule has 0 aliphatic carbocycles. The van der Waals surface area contributed by atoms with Gasteiger partial charge in [-0.15, -0.1) is 7.68 Å². The Bertz CT molecular complexity index is 80.9. The fourth-order valence-electron chi connectivity index (χ4n) is 1.12. The summed E-state index contributed by atoms with van der Waals surface area (Å²) in [7, 11) is -0.0775. The molecule has 58 valence electrons. The van der Waals surface area contributed by atoms with Crippen LogP contribution in [0.1, 0.15) is 0 Å². The van der Waals surface area contributed by atoms with Crippen LogP contribution >= 0.6 is 7.68 Å². The van der Waals surface area contributed by atoms with Gasteiger partial charge in [-0.05, 0) is 0 Å². The molecule has 0 heterocycles. The van der Waals surface area contributed by atoms with E-state index in [4.69, 9.17) is 0 Å². The molecule has 0 aromatic carbocycles. The summed E-state index contributed by atoms with van der Waals surface area (Å²) in [5.41, 5.74) is 0. The molecule has 0 fully saturated rings. The second-order valence-electron chi connectivity index (χ2n) is 4.62. The molecular formula is C6H20LiPSi2. The van der Waals surface area contributed by atoms with Crippen molar-refractivity contribution in [2.24, 2.45) is 0 Å². The van der Waals surface area contributed by atoms with Crippen molar-refractivity contribution in [3.63, 3.8) is 0 Å². The van der Waals surface area contributed by atoms with Crippen LogP contribution in [0, 0.1) is 0 Å². The third-order valence-corrected chi connectivity index (χ3v) is 20.2. The van der Waals surface area contributed by atoms with Crippen molar-refractivity contribution in [2.75, 3.05) is 0 Å². The summed E-state index contributed by atoms with van der Waals surface area (Å²) < 4.78 is 0. The fraction of sp³-hybridized carbons (Fsp3) is 1.00. The Morgan fingerprint density at radius 2 is 0.900 bits per heavy atom. The molecule has 0 radical (unpaired) electrons. The number of hydrogen-bond donors (Lipinski definition) is 0. The van der Waals surface area contributed by atoms with Gasteiger partial charge in [0.15, 0.2) is 0 Å². The van der Waals surface area contributed by atoms with E-state index in [1.165, 1.54) is 7.68 Å². The Hall–Kier alpha value is 1.46. The predicted molar refractivity (Wildman–Crippen MR) is 62.2 cm³/mol. The van der Waals surface area contributed by atoms with Gasteiger partial charge in [0.25, 0.3) is 0 Å². The standard InChI is InChI=1S/C6H19PSi2.Li.H/c1-8(2,3)7-9(4,5)6;;/h7H,1-6H3;;. The Labute approximate surface area is 81.2 Å². The van der Waals surface area contributed by atoms with Crippen LogP contribution in [0.25, 0.3) is 0 Å². The van der Waals surface area contributed by atoms with E-state index in [9.17, 15) is 0 Å². The zero-order chi connectivity index (χ0) is 7.71. The summed E-state index contributed by atoms with van der Waals surface area (Å²) in [5.74, 6) is 0. The van der Waals surface area contributed by atoms with Crippen LogP contribution in [-0.2, 0) is 0 Å². The fourth-order valence-corrected chi connectivity index (χ4v) is 30.4. The molecule has 0 bridgehead atoms. The molecule has 0 aliphatic rings. The van der Waals surface area contributed by atoms with E-state index in [1.807, 2.05) is 0 Å². The second kappa shape index (κ2) is 4.48. The Kier molecular flexibility index (Phi) is 6.27. The normalized spacial score (nSPS) is 12.6. The van der Waals surface area contributed by atoms with Crippen LogP contribution in [0.15, 0.2) is 0 Å². The van der Waals surface area contributed by atoms with Gasteiger partial charge in [0.05, 0.1) is 15.5 Å². The van der Waals surface area contributed by atoms with Crippen molar-refractivity contribution in [3.05, 3.63) is 0 Å². The van der Waals surface area contributed by atoms with Crippen LogP contribution in [0.5, 0.6) is 0 Å². The molecule has 0 atom stereocenters. The summed E-state index contributed by atoms with van der Waals surface area (Å²) in [4.78, 5) is 0. The van der Waals surface area contributed by atoms with Gasteiger partial charge in [0.1, 0.15) is 0 Å². The van der Waals surface area contributed by atoms with Gasteiger partial charge in [-0.1, -0.05) is 39.3 Å². The first kappa shape index (κ1) is 14.0. The Morgan fingerprint density at radius 1 is 0.700 bits per heavy atom. The predicted octanol–water partition coefficient (Wildman–Crippen LogP) is 2.69. The topological polar surface area (TPSA) is 0 Å². The zero-order valence-electron chi connectivity index (χ0n) is 7.50. The minimum absolute atomic E-state index is 0. The van der Waals surface area contributed by atoms with E-state index in [0.717, 1.165) is 0 Å². The quantitative estimate of drug-likeness (QED) is 0.459. The van der Waals surface area contributed by atoms with E-state index >= 15 is 0 Å². The molecule has 0 rings (SSSR count). The van der Waals surface area contributed by atoms with E-state index in [-0.39, 0.29) is 18.9 Å². The number of hydrogen-bond acceptors (Lipinski definition) is 0. The van der Waals surface area contributed by atoms with Crippen LogP contribution in [0.2, 0.25) is 39.3 Å². The second-order valence-corrected chi connectivity index (χ2v) is 25.9. The Morgan fingerprint density at radius 3 is 0.900 bits per heavy atom. The van der Waals surface area contributed by atoms with Crippen LogP contribution < -0.4 is 0 Å². The maximum atomic E-state index is 2.48. The third-order valence-electron chi connectivity index (χ3n) is 0.750. The van der Waals surface area contributed by atoms with Crippen molar-refractivity contribution >= 4 is 42.0 Å². The van der Waals surface area contributed by atoms with E-state index in [1.54, 1.807) is 0 Å². The van der Waals surface area contributed by atoms with Gasteiger partial charge >= 0.3 is 18.9 Å². The molecular weight excluding hydrogens is 166 g/mol. The first-order valence-corrected chi connectivity index (χ1v) is 13.5. The summed E-state index contributed by atoms with van der Waals surface area (Å²) in [6, 6.07) is 0. The molecule has 4 heteroatoms. The van der Waals surface area contributed by atoms with E-state index in [0.29, 0.717) is 0 Å². The molecule has 0 spiro atoms.